The fourth-order valence-corrected chi connectivity index (χ4v) is 2.94. The molecule has 19 heavy (non-hydrogen) atoms. The summed E-state index contributed by atoms with van der Waals surface area (Å²) in [5, 5.41) is 3.57. The number of unbranched alkanes of at least 4 members (excludes halogenated alkanes) is 1. The van der Waals surface area contributed by atoms with Crippen LogP contribution >= 0.6 is 15.9 Å². The highest BCUT2D eigenvalue weighted by atomic mass is 79.9. The van der Waals surface area contributed by atoms with Crippen LogP contribution in [-0.2, 0) is 0 Å². The number of rotatable bonds is 8. The lowest BCUT2D eigenvalue weighted by Gasteiger charge is -2.20. The molecule has 0 amide bonds. The standard InChI is InChI=1S/C16H25BrFN/c1-4-6-7-13(5-2)11-19-12(3)15-9-8-14(18)10-16(15)17/h8-10,12-13,19H,4-7,11H2,1-3H3. The Labute approximate surface area is 125 Å². The average molecular weight is 330 g/mol. The number of hydrogen-bond acceptors (Lipinski definition) is 1. The predicted molar refractivity (Wildman–Crippen MR) is 83.8 cm³/mol. The van der Waals surface area contributed by atoms with Gasteiger partial charge in [-0.05, 0) is 43.5 Å². The van der Waals surface area contributed by atoms with Crippen molar-refractivity contribution in [3.8, 4) is 0 Å². The molecule has 0 heterocycles. The van der Waals surface area contributed by atoms with Gasteiger partial charge in [-0.15, -0.1) is 0 Å². The summed E-state index contributed by atoms with van der Waals surface area (Å²) in [4.78, 5) is 0. The molecule has 1 aromatic rings. The molecular weight excluding hydrogens is 305 g/mol. The van der Waals surface area contributed by atoms with Gasteiger partial charge >= 0.3 is 0 Å². The minimum absolute atomic E-state index is 0.197. The third-order valence-electron chi connectivity index (χ3n) is 3.68. The van der Waals surface area contributed by atoms with Crippen molar-refractivity contribution in [2.45, 2.75) is 52.5 Å². The molecule has 2 unspecified atom stereocenters. The number of benzene rings is 1. The molecule has 108 valence electrons. The molecule has 0 saturated carbocycles. The molecule has 1 N–H and O–H groups in total. The molecule has 0 aliphatic carbocycles. The number of nitrogens with one attached hydrogen (secondary N) is 1. The molecule has 0 aromatic heterocycles. The van der Waals surface area contributed by atoms with Gasteiger partial charge < -0.3 is 5.32 Å². The first-order valence-electron chi connectivity index (χ1n) is 7.26. The third kappa shape index (κ3) is 5.62. The summed E-state index contributed by atoms with van der Waals surface area (Å²) in [6.07, 6.45) is 5.06. The maximum atomic E-state index is 13.1. The van der Waals surface area contributed by atoms with Crippen LogP contribution < -0.4 is 5.32 Å². The molecular formula is C16H25BrFN. The van der Waals surface area contributed by atoms with Crippen molar-refractivity contribution < 1.29 is 4.39 Å². The van der Waals surface area contributed by atoms with Gasteiger partial charge in [0.1, 0.15) is 5.82 Å². The minimum Gasteiger partial charge on any atom is -0.310 e. The zero-order valence-corrected chi connectivity index (χ0v) is 13.8. The Morgan fingerprint density at radius 3 is 2.63 bits per heavy atom. The van der Waals surface area contributed by atoms with Crippen LogP contribution in [0.3, 0.4) is 0 Å². The van der Waals surface area contributed by atoms with Gasteiger partial charge in [-0.1, -0.05) is 55.1 Å². The monoisotopic (exact) mass is 329 g/mol. The summed E-state index contributed by atoms with van der Waals surface area (Å²) in [6, 6.07) is 5.14. The van der Waals surface area contributed by atoms with E-state index >= 15 is 0 Å². The second kappa shape index (κ2) is 8.70. The van der Waals surface area contributed by atoms with Crippen LogP contribution in [-0.4, -0.2) is 6.54 Å². The van der Waals surface area contributed by atoms with Crippen LogP contribution in [0, 0.1) is 11.7 Å². The molecule has 0 bridgehead atoms. The minimum atomic E-state index is -0.197. The highest BCUT2D eigenvalue weighted by molar-refractivity contribution is 9.10. The van der Waals surface area contributed by atoms with Crippen molar-refractivity contribution in [1.29, 1.82) is 0 Å². The summed E-state index contributed by atoms with van der Waals surface area (Å²) in [5.74, 6) is 0.541. The number of halogens is 2. The van der Waals surface area contributed by atoms with Crippen LogP contribution in [0.4, 0.5) is 4.39 Å². The van der Waals surface area contributed by atoms with E-state index in [2.05, 4.69) is 42.0 Å². The summed E-state index contributed by atoms with van der Waals surface area (Å²) >= 11 is 3.43. The Hall–Kier alpha value is -0.410. The molecule has 0 radical (unpaired) electrons. The largest absolute Gasteiger partial charge is 0.310 e. The van der Waals surface area contributed by atoms with Crippen molar-refractivity contribution in [3.05, 3.63) is 34.1 Å². The van der Waals surface area contributed by atoms with Gasteiger partial charge in [0.05, 0.1) is 0 Å². The van der Waals surface area contributed by atoms with Gasteiger partial charge in [0.2, 0.25) is 0 Å². The van der Waals surface area contributed by atoms with Crippen LogP contribution in [0.5, 0.6) is 0 Å². The summed E-state index contributed by atoms with van der Waals surface area (Å²) in [7, 11) is 0. The van der Waals surface area contributed by atoms with Crippen molar-refractivity contribution in [2.75, 3.05) is 6.54 Å². The van der Waals surface area contributed by atoms with Crippen molar-refractivity contribution in [1.82, 2.24) is 5.32 Å². The Morgan fingerprint density at radius 1 is 1.32 bits per heavy atom. The highest BCUT2D eigenvalue weighted by Crippen LogP contribution is 2.24. The summed E-state index contributed by atoms with van der Waals surface area (Å²) in [6.45, 7) is 7.64. The van der Waals surface area contributed by atoms with E-state index in [-0.39, 0.29) is 11.9 Å². The Bertz CT molecular complexity index is 381. The molecule has 0 saturated heterocycles. The lowest BCUT2D eigenvalue weighted by molar-refractivity contribution is 0.398. The quantitative estimate of drug-likeness (QED) is 0.668. The topological polar surface area (TPSA) is 12.0 Å². The van der Waals surface area contributed by atoms with Crippen LogP contribution in [0.1, 0.15) is 58.1 Å². The Balaban J connectivity index is 2.51. The zero-order valence-electron chi connectivity index (χ0n) is 12.2. The predicted octanol–water partition coefficient (Wildman–Crippen LogP) is 5.46. The van der Waals surface area contributed by atoms with E-state index in [0.29, 0.717) is 0 Å². The molecule has 3 heteroatoms. The van der Waals surface area contributed by atoms with E-state index < -0.39 is 0 Å². The van der Waals surface area contributed by atoms with Gasteiger partial charge in [0.15, 0.2) is 0 Å². The molecule has 0 aliphatic rings. The van der Waals surface area contributed by atoms with Crippen molar-refractivity contribution in [3.63, 3.8) is 0 Å². The molecule has 1 aromatic carbocycles. The molecule has 0 fully saturated rings. The normalized spacial score (nSPS) is 14.4. The lowest BCUT2D eigenvalue weighted by atomic mass is 9.98. The molecule has 0 spiro atoms. The van der Waals surface area contributed by atoms with Gasteiger partial charge in [0.25, 0.3) is 0 Å². The SMILES string of the molecule is CCCCC(CC)CNC(C)c1ccc(F)cc1Br. The van der Waals surface area contributed by atoms with Crippen molar-refractivity contribution in [2.24, 2.45) is 5.92 Å². The second-order valence-electron chi connectivity index (χ2n) is 5.21. The molecule has 1 rings (SSSR count). The first-order chi connectivity index (χ1) is 9.08. The first-order valence-corrected chi connectivity index (χ1v) is 8.06. The smallest absolute Gasteiger partial charge is 0.124 e. The van der Waals surface area contributed by atoms with E-state index in [9.17, 15) is 4.39 Å². The maximum Gasteiger partial charge on any atom is 0.124 e. The fraction of sp³-hybridized carbons (Fsp3) is 0.625. The molecule has 0 aliphatic heterocycles. The van der Waals surface area contributed by atoms with E-state index in [1.54, 1.807) is 0 Å². The van der Waals surface area contributed by atoms with Gasteiger partial charge in [-0.25, -0.2) is 4.39 Å². The van der Waals surface area contributed by atoms with E-state index in [0.717, 1.165) is 22.5 Å². The fourth-order valence-electron chi connectivity index (χ4n) is 2.25. The maximum absolute atomic E-state index is 13.1. The zero-order chi connectivity index (χ0) is 14.3. The van der Waals surface area contributed by atoms with E-state index in [1.807, 2.05) is 6.07 Å². The molecule has 2 atom stereocenters. The van der Waals surface area contributed by atoms with Gasteiger partial charge in [0, 0.05) is 10.5 Å². The third-order valence-corrected chi connectivity index (χ3v) is 4.37. The molecule has 1 nitrogen and oxygen atoms in total. The average Bonchev–Trinajstić information content (AvgIpc) is 2.38. The van der Waals surface area contributed by atoms with Crippen LogP contribution in [0.25, 0.3) is 0 Å². The Morgan fingerprint density at radius 2 is 2.05 bits per heavy atom. The van der Waals surface area contributed by atoms with Crippen LogP contribution in [0.15, 0.2) is 22.7 Å². The van der Waals surface area contributed by atoms with Crippen LogP contribution in [0.2, 0.25) is 0 Å². The van der Waals surface area contributed by atoms with Gasteiger partial charge in [-0.3, -0.25) is 0 Å². The first kappa shape index (κ1) is 16.6. The van der Waals surface area contributed by atoms with E-state index in [4.69, 9.17) is 0 Å². The van der Waals surface area contributed by atoms with Gasteiger partial charge in [-0.2, -0.15) is 0 Å². The van der Waals surface area contributed by atoms with Crippen molar-refractivity contribution >= 4 is 15.9 Å². The Kier molecular flexibility index (Phi) is 7.62. The summed E-state index contributed by atoms with van der Waals surface area (Å²) in [5.41, 5.74) is 1.12. The second-order valence-corrected chi connectivity index (χ2v) is 6.07. The summed E-state index contributed by atoms with van der Waals surface area (Å²) < 4.78 is 13.9. The number of hydrogen-bond donors (Lipinski definition) is 1. The van der Waals surface area contributed by atoms with E-state index in [1.165, 1.54) is 37.8 Å². The highest BCUT2D eigenvalue weighted by Gasteiger charge is 2.12. The lowest BCUT2D eigenvalue weighted by Crippen LogP contribution is -2.25.